The van der Waals surface area contributed by atoms with Gasteiger partial charge in [-0.05, 0) is 56.5 Å². The number of carboxylic acids is 2. The number of aliphatic imine (C=N–C) groups is 1. The van der Waals surface area contributed by atoms with E-state index in [4.69, 9.17) is 15.2 Å². The van der Waals surface area contributed by atoms with E-state index in [1.807, 2.05) is 0 Å². The first kappa shape index (κ1) is 15.7. The van der Waals surface area contributed by atoms with Crippen molar-refractivity contribution in [2.24, 2.45) is 22.7 Å². The second kappa shape index (κ2) is 7.36. The number of aliphatic carboxylic acids is 2. The normalized spacial score (nSPS) is 30.7. The molecular weight excluding hydrogens is 272 g/mol. The smallest absolute Gasteiger partial charge is 0.328 e. The number of nitrogens with one attached hydrogen (secondary N) is 1. The van der Waals surface area contributed by atoms with Crippen LogP contribution in [0.5, 0.6) is 0 Å². The van der Waals surface area contributed by atoms with Crippen molar-refractivity contribution in [3.63, 3.8) is 0 Å². The quantitative estimate of drug-likeness (QED) is 0.664. The Balaban J connectivity index is 0.000000177. The van der Waals surface area contributed by atoms with E-state index in [2.05, 4.69) is 5.32 Å². The highest BCUT2D eigenvalue weighted by Crippen LogP contribution is 2.37. The Hall–Kier alpha value is -1.69. The monoisotopic (exact) mass is 294 g/mol. The van der Waals surface area contributed by atoms with E-state index in [0.717, 1.165) is 24.3 Å². The van der Waals surface area contributed by atoms with Crippen molar-refractivity contribution in [1.29, 1.82) is 0 Å². The molecule has 3 N–H and O–H groups in total. The summed E-state index contributed by atoms with van der Waals surface area (Å²) >= 11 is 0. The molecule has 116 valence electrons. The van der Waals surface area contributed by atoms with Crippen LogP contribution in [0.3, 0.4) is 0 Å². The Labute approximate surface area is 124 Å². The number of nitrogens with zero attached hydrogens (tertiary/aromatic N) is 1. The maximum Gasteiger partial charge on any atom is 0.328 e. The van der Waals surface area contributed by atoms with Crippen molar-refractivity contribution >= 4 is 17.7 Å². The van der Waals surface area contributed by atoms with E-state index < -0.39 is 11.9 Å². The van der Waals surface area contributed by atoms with Crippen LogP contribution in [-0.2, 0) is 9.59 Å². The minimum Gasteiger partial charge on any atom is -0.478 e. The van der Waals surface area contributed by atoms with Crippen molar-refractivity contribution in [2.45, 2.75) is 25.7 Å². The first-order chi connectivity index (χ1) is 10.1. The Morgan fingerprint density at radius 2 is 1.81 bits per heavy atom. The van der Waals surface area contributed by atoms with Gasteiger partial charge in [0.1, 0.15) is 0 Å². The molecule has 1 aliphatic carbocycles. The fraction of sp³-hybridized carbons (Fsp3) is 0.667. The van der Waals surface area contributed by atoms with E-state index in [9.17, 15) is 9.59 Å². The van der Waals surface area contributed by atoms with Crippen LogP contribution in [-0.4, -0.2) is 47.5 Å². The highest BCUT2D eigenvalue weighted by Gasteiger charge is 2.37. The Bertz CT molecular complexity index is 443. The van der Waals surface area contributed by atoms with Crippen LogP contribution in [0.15, 0.2) is 17.1 Å². The molecule has 3 rings (SSSR count). The molecule has 0 aromatic carbocycles. The molecule has 1 saturated carbocycles. The standard InChI is InChI=1S/C11H18N2.C4H4O4/c1-2-8-4-9-6-12-7-10(9)5-11(8)13-3-1;5-3(6)1-2-4(7)8/h8-10,12H,1-7H2;1-2H,(H,5,6)(H,7,8)/b;2-1-. The molecule has 2 aliphatic heterocycles. The molecule has 1 saturated heterocycles. The van der Waals surface area contributed by atoms with E-state index in [-0.39, 0.29) is 0 Å². The van der Waals surface area contributed by atoms with Crippen molar-refractivity contribution < 1.29 is 19.8 Å². The first-order valence-electron chi connectivity index (χ1n) is 7.44. The molecule has 0 radical (unpaired) electrons. The highest BCUT2D eigenvalue weighted by atomic mass is 16.4. The van der Waals surface area contributed by atoms with Crippen LogP contribution in [0.2, 0.25) is 0 Å². The summed E-state index contributed by atoms with van der Waals surface area (Å²) in [5.74, 6) is 0.254. The third kappa shape index (κ3) is 4.67. The van der Waals surface area contributed by atoms with Crippen LogP contribution in [0.4, 0.5) is 0 Å². The van der Waals surface area contributed by atoms with Gasteiger partial charge < -0.3 is 15.5 Å². The number of carboxylic acid groups (broad SMARTS) is 2. The summed E-state index contributed by atoms with van der Waals surface area (Å²) in [5, 5.41) is 19.1. The van der Waals surface area contributed by atoms with Gasteiger partial charge >= 0.3 is 11.9 Å². The topological polar surface area (TPSA) is 99.0 Å². The zero-order chi connectivity index (χ0) is 15.2. The first-order valence-corrected chi connectivity index (χ1v) is 7.44. The summed E-state index contributed by atoms with van der Waals surface area (Å²) in [6, 6.07) is 0. The zero-order valence-electron chi connectivity index (χ0n) is 12.0. The van der Waals surface area contributed by atoms with E-state index >= 15 is 0 Å². The molecule has 0 aromatic heterocycles. The molecule has 3 aliphatic rings. The van der Waals surface area contributed by atoms with Crippen LogP contribution in [0.1, 0.15) is 25.7 Å². The average Bonchev–Trinajstić information content (AvgIpc) is 2.90. The SMILES string of the molecule is C1CN=C2CC3CNCC3CC2C1.O=C(O)/C=C\C(=O)O. The average molecular weight is 294 g/mol. The van der Waals surface area contributed by atoms with Gasteiger partial charge in [0.05, 0.1) is 0 Å². The maximum absolute atomic E-state index is 9.55. The molecular formula is C15H22N2O4. The summed E-state index contributed by atoms with van der Waals surface area (Å²) in [6.45, 7) is 3.63. The van der Waals surface area contributed by atoms with Crippen molar-refractivity contribution in [3.8, 4) is 0 Å². The molecule has 0 spiro atoms. The highest BCUT2D eigenvalue weighted by molar-refractivity contribution is 5.89. The third-order valence-corrected chi connectivity index (χ3v) is 4.40. The molecule has 6 nitrogen and oxygen atoms in total. The van der Waals surface area contributed by atoms with Gasteiger partial charge in [-0.25, -0.2) is 9.59 Å². The summed E-state index contributed by atoms with van der Waals surface area (Å²) < 4.78 is 0. The lowest BCUT2D eigenvalue weighted by atomic mass is 9.72. The largest absolute Gasteiger partial charge is 0.478 e. The minimum atomic E-state index is -1.26. The lowest BCUT2D eigenvalue weighted by molar-refractivity contribution is -0.134. The molecule has 0 aromatic rings. The van der Waals surface area contributed by atoms with E-state index in [1.165, 1.54) is 38.8 Å². The zero-order valence-corrected chi connectivity index (χ0v) is 12.0. The molecule has 21 heavy (non-hydrogen) atoms. The fourth-order valence-corrected chi connectivity index (χ4v) is 3.42. The van der Waals surface area contributed by atoms with E-state index in [0.29, 0.717) is 12.2 Å². The molecule has 3 unspecified atom stereocenters. The van der Waals surface area contributed by atoms with Crippen LogP contribution >= 0.6 is 0 Å². The number of hydrogen-bond acceptors (Lipinski definition) is 4. The van der Waals surface area contributed by atoms with Gasteiger partial charge in [0.15, 0.2) is 0 Å². The van der Waals surface area contributed by atoms with Gasteiger partial charge in [-0.1, -0.05) is 0 Å². The van der Waals surface area contributed by atoms with Gasteiger partial charge in [-0.3, -0.25) is 4.99 Å². The predicted octanol–water partition coefficient (Wildman–Crippen LogP) is 1.18. The van der Waals surface area contributed by atoms with Gasteiger partial charge in [0.25, 0.3) is 0 Å². The third-order valence-electron chi connectivity index (χ3n) is 4.40. The number of fused-ring (bicyclic) bond motifs is 2. The second-order valence-corrected chi connectivity index (χ2v) is 5.84. The Kier molecular flexibility index (Phi) is 5.50. The molecule has 2 heterocycles. The Morgan fingerprint density at radius 3 is 2.48 bits per heavy atom. The lowest BCUT2D eigenvalue weighted by Gasteiger charge is -2.34. The molecule has 0 bridgehead atoms. The van der Waals surface area contributed by atoms with Crippen LogP contribution in [0, 0.1) is 17.8 Å². The van der Waals surface area contributed by atoms with Crippen molar-refractivity contribution in [3.05, 3.63) is 12.2 Å². The second-order valence-electron chi connectivity index (χ2n) is 5.84. The molecule has 0 amide bonds. The number of carbonyl (C=O) groups is 2. The van der Waals surface area contributed by atoms with Crippen molar-refractivity contribution in [1.82, 2.24) is 5.32 Å². The summed E-state index contributed by atoms with van der Waals surface area (Å²) in [6.07, 6.45) is 6.60. The minimum absolute atomic E-state index is 0.558. The number of rotatable bonds is 2. The summed E-state index contributed by atoms with van der Waals surface area (Å²) in [4.78, 5) is 23.8. The molecule has 3 atom stereocenters. The maximum atomic E-state index is 9.55. The Morgan fingerprint density at radius 1 is 1.14 bits per heavy atom. The number of hydrogen-bond donors (Lipinski definition) is 3. The van der Waals surface area contributed by atoms with E-state index in [1.54, 1.807) is 5.71 Å². The molecule has 6 heteroatoms. The van der Waals surface area contributed by atoms with Gasteiger partial charge in [0.2, 0.25) is 0 Å². The van der Waals surface area contributed by atoms with Crippen LogP contribution in [0.25, 0.3) is 0 Å². The fourth-order valence-electron chi connectivity index (χ4n) is 3.42. The van der Waals surface area contributed by atoms with Gasteiger partial charge in [-0.2, -0.15) is 0 Å². The van der Waals surface area contributed by atoms with Gasteiger partial charge in [0, 0.05) is 24.4 Å². The van der Waals surface area contributed by atoms with Gasteiger partial charge in [-0.15, -0.1) is 0 Å². The van der Waals surface area contributed by atoms with Crippen molar-refractivity contribution in [2.75, 3.05) is 19.6 Å². The lowest BCUT2D eigenvalue weighted by Crippen LogP contribution is -2.33. The van der Waals surface area contributed by atoms with Crippen LogP contribution < -0.4 is 5.32 Å². The summed E-state index contributed by atoms with van der Waals surface area (Å²) in [5.41, 5.74) is 1.57. The molecule has 2 fully saturated rings. The predicted molar refractivity (Wildman–Crippen MR) is 78.5 cm³/mol. The summed E-state index contributed by atoms with van der Waals surface area (Å²) in [7, 11) is 0.